The normalized spacial score (nSPS) is 14.5. The number of aromatic nitrogens is 2. The maximum atomic E-state index is 13.8. The number of methoxy groups -OCH3 is 2. The number of nitrogens with one attached hydrogen (secondary N) is 2. The van der Waals surface area contributed by atoms with Crippen molar-refractivity contribution in [3.63, 3.8) is 0 Å². The molecule has 0 atom stereocenters. The van der Waals surface area contributed by atoms with Crippen molar-refractivity contribution in [2.75, 3.05) is 53.6 Å². The van der Waals surface area contributed by atoms with E-state index in [-0.39, 0.29) is 15.6 Å². The molecule has 1 aliphatic rings. The Bertz CT molecular complexity index is 1440. The van der Waals surface area contributed by atoms with Crippen LogP contribution in [0.25, 0.3) is 27.6 Å². The molecule has 1 fully saturated rings. The molecular weight excluding hydrogens is 541 g/mol. The molecule has 39 heavy (non-hydrogen) atoms. The van der Waals surface area contributed by atoms with Crippen LogP contribution in [0.3, 0.4) is 0 Å². The van der Waals surface area contributed by atoms with E-state index in [1.165, 1.54) is 14.2 Å². The zero-order chi connectivity index (χ0) is 28.1. The van der Waals surface area contributed by atoms with Crippen LogP contribution >= 0.6 is 23.2 Å². The number of nitrogens with zero attached hydrogens (tertiary/aromatic N) is 3. The predicted molar refractivity (Wildman–Crippen MR) is 157 cm³/mol. The lowest BCUT2D eigenvalue weighted by Crippen LogP contribution is -2.39. The van der Waals surface area contributed by atoms with Gasteiger partial charge in [0.05, 0.1) is 54.3 Å². The maximum Gasteiger partial charge on any atom is 0.259 e. The van der Waals surface area contributed by atoms with E-state index in [9.17, 15) is 4.79 Å². The number of rotatable bonds is 10. The summed E-state index contributed by atoms with van der Waals surface area (Å²) in [7, 11) is 2.98. The van der Waals surface area contributed by atoms with E-state index in [2.05, 4.69) is 15.2 Å². The van der Waals surface area contributed by atoms with Gasteiger partial charge in [0.25, 0.3) is 5.56 Å². The number of morpholine rings is 1. The molecule has 208 valence electrons. The molecule has 0 saturated carbocycles. The van der Waals surface area contributed by atoms with Crippen molar-refractivity contribution in [2.24, 2.45) is 0 Å². The fourth-order valence-electron chi connectivity index (χ4n) is 4.63. The molecule has 11 heteroatoms. The fourth-order valence-corrected chi connectivity index (χ4v) is 5.34. The van der Waals surface area contributed by atoms with Gasteiger partial charge in [-0.15, -0.1) is 0 Å². The van der Waals surface area contributed by atoms with Crippen LogP contribution in [0.1, 0.15) is 19.5 Å². The zero-order valence-electron chi connectivity index (χ0n) is 22.6. The first-order valence-corrected chi connectivity index (χ1v) is 13.5. The number of halogens is 2. The average molecular weight is 575 g/mol. The summed E-state index contributed by atoms with van der Waals surface area (Å²) in [4.78, 5) is 20.7. The summed E-state index contributed by atoms with van der Waals surface area (Å²) >= 11 is 13.3. The minimum atomic E-state index is -0.262. The smallest absolute Gasteiger partial charge is 0.259 e. The molecule has 2 aromatic heterocycles. The molecule has 4 rings (SSSR count). The van der Waals surface area contributed by atoms with Crippen LogP contribution in [0.4, 0.5) is 0 Å². The van der Waals surface area contributed by atoms with Crippen LogP contribution in [0, 0.1) is 5.41 Å². The van der Waals surface area contributed by atoms with E-state index >= 15 is 0 Å². The quantitative estimate of drug-likeness (QED) is 0.267. The van der Waals surface area contributed by atoms with Gasteiger partial charge >= 0.3 is 0 Å². The molecule has 0 aliphatic carbocycles. The second-order valence-electron chi connectivity index (χ2n) is 9.11. The van der Waals surface area contributed by atoms with Gasteiger partial charge in [-0.25, -0.2) is 0 Å². The van der Waals surface area contributed by atoms with Crippen LogP contribution in [-0.4, -0.2) is 73.8 Å². The SMILES string of the molecule is CCn1c(=O)c(-c2c(Cl)c(OC)cc(OC)c2Cl)cc2cnc(/C(=C/NCCN3CCOCC3)C(C)=N)cc21. The number of fused-ring (bicyclic) bond motifs is 1. The fraction of sp³-hybridized carbons (Fsp3) is 0.393. The highest BCUT2D eigenvalue weighted by atomic mass is 35.5. The maximum absolute atomic E-state index is 13.8. The van der Waals surface area contributed by atoms with Crippen molar-refractivity contribution in [3.8, 4) is 22.6 Å². The summed E-state index contributed by atoms with van der Waals surface area (Å²) in [5.41, 5.74) is 2.71. The van der Waals surface area contributed by atoms with E-state index in [1.807, 2.05) is 19.2 Å². The summed E-state index contributed by atoms with van der Waals surface area (Å²) < 4.78 is 17.8. The molecule has 0 bridgehead atoms. The van der Waals surface area contributed by atoms with Crippen LogP contribution in [0.5, 0.6) is 11.5 Å². The molecular formula is C28H33Cl2N5O4. The third-order valence-electron chi connectivity index (χ3n) is 6.74. The van der Waals surface area contributed by atoms with Gasteiger partial charge in [-0.3, -0.25) is 14.7 Å². The van der Waals surface area contributed by atoms with Crippen LogP contribution in [0.15, 0.2) is 35.4 Å². The van der Waals surface area contributed by atoms with Crippen molar-refractivity contribution in [1.82, 2.24) is 19.8 Å². The first-order valence-electron chi connectivity index (χ1n) is 12.7. The number of ether oxygens (including phenoxy) is 3. The predicted octanol–water partition coefficient (Wildman–Crippen LogP) is 4.71. The highest BCUT2D eigenvalue weighted by Crippen LogP contribution is 2.45. The summed E-state index contributed by atoms with van der Waals surface area (Å²) in [5.74, 6) is 0.697. The first-order chi connectivity index (χ1) is 18.8. The molecule has 0 spiro atoms. The lowest BCUT2D eigenvalue weighted by Gasteiger charge is -2.26. The molecule has 0 radical (unpaired) electrons. The topological polar surface area (TPSA) is 102 Å². The summed E-state index contributed by atoms with van der Waals surface area (Å²) in [5, 5.41) is 12.8. The number of allylic oxidation sites excluding steroid dienone is 1. The van der Waals surface area contributed by atoms with Gasteiger partial charge < -0.3 is 29.5 Å². The highest BCUT2D eigenvalue weighted by molar-refractivity contribution is 6.41. The molecule has 1 saturated heterocycles. The Morgan fingerprint density at radius 1 is 1.15 bits per heavy atom. The molecule has 2 N–H and O–H groups in total. The van der Waals surface area contributed by atoms with Crippen molar-refractivity contribution < 1.29 is 14.2 Å². The number of hydrogen-bond donors (Lipinski definition) is 2. The Balaban J connectivity index is 1.74. The number of pyridine rings is 2. The van der Waals surface area contributed by atoms with Gasteiger partial charge in [-0.2, -0.15) is 0 Å². The minimum absolute atomic E-state index is 0.222. The van der Waals surface area contributed by atoms with Crippen LogP contribution in [-0.2, 0) is 11.3 Å². The summed E-state index contributed by atoms with van der Waals surface area (Å²) in [6.45, 7) is 8.99. The summed E-state index contributed by atoms with van der Waals surface area (Å²) in [6.07, 6.45) is 3.52. The van der Waals surface area contributed by atoms with E-state index in [0.29, 0.717) is 51.7 Å². The monoisotopic (exact) mass is 573 g/mol. The number of hydrogen-bond acceptors (Lipinski definition) is 8. The molecule has 1 aliphatic heterocycles. The van der Waals surface area contributed by atoms with E-state index < -0.39 is 0 Å². The third kappa shape index (κ3) is 6.06. The number of benzene rings is 1. The van der Waals surface area contributed by atoms with Gasteiger partial charge in [-0.05, 0) is 26.0 Å². The van der Waals surface area contributed by atoms with E-state index in [0.717, 1.165) is 44.8 Å². The van der Waals surface area contributed by atoms with Crippen LogP contribution < -0.4 is 20.3 Å². The lowest BCUT2D eigenvalue weighted by molar-refractivity contribution is 0.0388. The Morgan fingerprint density at radius 3 is 2.41 bits per heavy atom. The lowest BCUT2D eigenvalue weighted by atomic mass is 10.0. The zero-order valence-corrected chi connectivity index (χ0v) is 24.1. The van der Waals surface area contributed by atoms with Gasteiger partial charge in [0, 0.05) is 73.4 Å². The van der Waals surface area contributed by atoms with E-state index in [1.54, 1.807) is 29.8 Å². The van der Waals surface area contributed by atoms with Gasteiger partial charge in [-0.1, -0.05) is 23.2 Å². The average Bonchev–Trinajstić information content (AvgIpc) is 2.94. The Hall–Kier alpha value is -3.11. The second kappa shape index (κ2) is 12.8. The Kier molecular flexibility index (Phi) is 9.50. The van der Waals surface area contributed by atoms with Crippen molar-refractivity contribution in [3.05, 3.63) is 56.7 Å². The number of aryl methyl sites for hydroxylation is 1. The van der Waals surface area contributed by atoms with E-state index in [4.69, 9.17) is 42.8 Å². The van der Waals surface area contributed by atoms with Crippen molar-refractivity contribution in [1.29, 1.82) is 5.41 Å². The van der Waals surface area contributed by atoms with Crippen molar-refractivity contribution in [2.45, 2.75) is 20.4 Å². The molecule has 9 nitrogen and oxygen atoms in total. The molecule has 1 aromatic carbocycles. The van der Waals surface area contributed by atoms with Crippen molar-refractivity contribution >= 4 is 45.4 Å². The standard InChI is InChI=1S/C28H33Cl2N5O4/c1-5-35-22-13-21(20(17(2)31)16-32-6-7-34-8-10-39-11-9-34)33-15-18(22)12-19(28(35)36)25-26(29)23(37-3)14-24(38-4)27(25)30/h12-16,31-32H,5-11H2,1-4H3/b20-16+,31-17?. The minimum Gasteiger partial charge on any atom is -0.495 e. The van der Waals surface area contributed by atoms with Gasteiger partial charge in [0.15, 0.2) is 0 Å². The van der Waals surface area contributed by atoms with Gasteiger partial charge in [0.1, 0.15) is 11.5 Å². The third-order valence-corrected chi connectivity index (χ3v) is 7.49. The highest BCUT2D eigenvalue weighted by Gasteiger charge is 2.23. The second-order valence-corrected chi connectivity index (χ2v) is 9.87. The Labute approximate surface area is 237 Å². The van der Waals surface area contributed by atoms with Gasteiger partial charge in [0.2, 0.25) is 0 Å². The molecule has 0 unspecified atom stereocenters. The first kappa shape index (κ1) is 28.9. The summed E-state index contributed by atoms with van der Waals surface area (Å²) in [6, 6.07) is 5.16. The molecule has 3 heterocycles. The van der Waals surface area contributed by atoms with Crippen LogP contribution in [0.2, 0.25) is 10.0 Å². The largest absolute Gasteiger partial charge is 0.495 e. The molecule has 3 aromatic rings. The molecule has 0 amide bonds. The Morgan fingerprint density at radius 2 is 1.82 bits per heavy atom.